The Morgan fingerprint density at radius 2 is 2.14 bits per heavy atom. The lowest BCUT2D eigenvalue weighted by Gasteiger charge is -2.36. The Bertz CT molecular complexity index is 806. The number of piperidine rings is 1. The maximum atomic E-state index is 13.4. The van der Waals surface area contributed by atoms with E-state index in [-0.39, 0.29) is 11.7 Å². The zero-order chi connectivity index (χ0) is 19.3. The molecule has 2 fully saturated rings. The first-order valence-corrected chi connectivity index (χ1v) is 10.8. The van der Waals surface area contributed by atoms with Crippen molar-refractivity contribution in [3.63, 3.8) is 0 Å². The molecule has 0 N–H and O–H groups in total. The highest BCUT2D eigenvalue weighted by molar-refractivity contribution is 7.13. The predicted octanol–water partition coefficient (Wildman–Crippen LogP) is 3.06. The van der Waals surface area contributed by atoms with Crippen LogP contribution in [-0.4, -0.2) is 66.6 Å². The molecule has 3 heterocycles. The molecule has 1 amide bonds. The van der Waals surface area contributed by atoms with E-state index >= 15 is 0 Å². The minimum atomic E-state index is -0.273. The number of thiazole rings is 1. The van der Waals surface area contributed by atoms with Crippen molar-refractivity contribution in [1.82, 2.24) is 14.8 Å². The molecule has 1 atom stereocenters. The van der Waals surface area contributed by atoms with E-state index in [1.165, 1.54) is 29.9 Å². The van der Waals surface area contributed by atoms with Crippen LogP contribution in [0, 0.1) is 11.7 Å². The molecule has 2 aliphatic heterocycles. The van der Waals surface area contributed by atoms with Gasteiger partial charge in [0.05, 0.1) is 25.3 Å². The SMILES string of the molecule is O=C(Cc1csc(-c2cccc(F)c2)n1)N1CCCC(CN2CCOCC2)C1. The van der Waals surface area contributed by atoms with Gasteiger partial charge in [-0.2, -0.15) is 0 Å². The molecule has 2 aliphatic rings. The number of hydrogen-bond donors (Lipinski definition) is 0. The summed E-state index contributed by atoms with van der Waals surface area (Å²) in [5.41, 5.74) is 1.52. The van der Waals surface area contributed by atoms with Crippen molar-refractivity contribution >= 4 is 17.2 Å². The third-order valence-electron chi connectivity index (χ3n) is 5.45. The molecule has 0 radical (unpaired) electrons. The van der Waals surface area contributed by atoms with Crippen LogP contribution in [0.25, 0.3) is 10.6 Å². The summed E-state index contributed by atoms with van der Waals surface area (Å²) in [6, 6.07) is 6.42. The number of hydrogen-bond acceptors (Lipinski definition) is 5. The third kappa shape index (κ3) is 4.96. The largest absolute Gasteiger partial charge is 0.379 e. The number of likely N-dealkylation sites (tertiary alicyclic amines) is 1. The fourth-order valence-corrected chi connectivity index (χ4v) is 4.82. The number of aromatic nitrogens is 1. The van der Waals surface area contributed by atoms with Crippen molar-refractivity contribution in [1.29, 1.82) is 0 Å². The summed E-state index contributed by atoms with van der Waals surface area (Å²) in [5, 5.41) is 2.67. The standard InChI is InChI=1S/C21H26FN3O2S/c22-18-5-1-4-17(11-18)21-23-19(15-28-21)12-20(26)25-6-2-3-16(14-25)13-24-7-9-27-10-8-24/h1,4-5,11,15-16H,2-3,6-10,12-14H2. The first-order valence-electron chi connectivity index (χ1n) is 9.95. The van der Waals surface area contributed by atoms with Crippen LogP contribution in [0.2, 0.25) is 0 Å². The Morgan fingerprint density at radius 3 is 2.96 bits per heavy atom. The highest BCUT2D eigenvalue weighted by Gasteiger charge is 2.26. The third-order valence-corrected chi connectivity index (χ3v) is 6.39. The Kier molecular flexibility index (Phi) is 6.34. The second-order valence-electron chi connectivity index (χ2n) is 7.59. The van der Waals surface area contributed by atoms with Gasteiger partial charge in [-0.25, -0.2) is 9.37 Å². The van der Waals surface area contributed by atoms with Crippen LogP contribution >= 0.6 is 11.3 Å². The summed E-state index contributed by atoms with van der Waals surface area (Å²) < 4.78 is 18.8. The van der Waals surface area contributed by atoms with Gasteiger partial charge in [-0.05, 0) is 30.9 Å². The van der Waals surface area contributed by atoms with Crippen LogP contribution in [0.4, 0.5) is 4.39 Å². The van der Waals surface area contributed by atoms with Crippen LogP contribution in [0.15, 0.2) is 29.6 Å². The van der Waals surface area contributed by atoms with Gasteiger partial charge in [-0.3, -0.25) is 9.69 Å². The van der Waals surface area contributed by atoms with E-state index in [2.05, 4.69) is 9.88 Å². The van der Waals surface area contributed by atoms with Crippen LogP contribution in [0.3, 0.4) is 0 Å². The van der Waals surface area contributed by atoms with Gasteiger partial charge in [0.1, 0.15) is 10.8 Å². The molecule has 0 bridgehead atoms. The van der Waals surface area contributed by atoms with Gasteiger partial charge in [0, 0.05) is 43.7 Å². The maximum Gasteiger partial charge on any atom is 0.228 e. The van der Waals surface area contributed by atoms with Crippen molar-refractivity contribution < 1.29 is 13.9 Å². The molecular weight excluding hydrogens is 377 g/mol. The average molecular weight is 404 g/mol. The average Bonchev–Trinajstić information content (AvgIpc) is 3.17. The van der Waals surface area contributed by atoms with E-state index in [1.54, 1.807) is 6.07 Å². The second kappa shape index (κ2) is 9.11. The van der Waals surface area contributed by atoms with Crippen molar-refractivity contribution in [3.8, 4) is 10.6 Å². The van der Waals surface area contributed by atoms with Crippen molar-refractivity contribution in [2.24, 2.45) is 5.92 Å². The lowest BCUT2D eigenvalue weighted by Crippen LogP contribution is -2.46. The smallest absolute Gasteiger partial charge is 0.228 e. The van der Waals surface area contributed by atoms with Gasteiger partial charge in [-0.1, -0.05) is 12.1 Å². The summed E-state index contributed by atoms with van der Waals surface area (Å²) in [7, 11) is 0. The first kappa shape index (κ1) is 19.5. The first-order chi connectivity index (χ1) is 13.7. The number of halogens is 1. The van der Waals surface area contributed by atoms with Gasteiger partial charge in [-0.15, -0.1) is 11.3 Å². The number of carbonyl (C=O) groups excluding carboxylic acids is 1. The molecule has 2 saturated heterocycles. The molecule has 2 aromatic rings. The van der Waals surface area contributed by atoms with Gasteiger partial charge >= 0.3 is 0 Å². The van der Waals surface area contributed by atoms with Crippen molar-refractivity contribution in [2.45, 2.75) is 19.3 Å². The summed E-state index contributed by atoms with van der Waals surface area (Å²) in [6.45, 7) is 6.32. The molecule has 7 heteroatoms. The molecule has 28 heavy (non-hydrogen) atoms. The Labute approximate surface area is 169 Å². The quantitative estimate of drug-likeness (QED) is 0.770. The minimum Gasteiger partial charge on any atom is -0.379 e. The van der Waals surface area contributed by atoms with Crippen LogP contribution < -0.4 is 0 Å². The number of amides is 1. The topological polar surface area (TPSA) is 45.7 Å². The van der Waals surface area contributed by atoms with Gasteiger partial charge < -0.3 is 9.64 Å². The fourth-order valence-electron chi connectivity index (χ4n) is 4.00. The van der Waals surface area contributed by atoms with Crippen LogP contribution in [0.5, 0.6) is 0 Å². The van der Waals surface area contributed by atoms with Gasteiger partial charge in [0.15, 0.2) is 0 Å². The number of ether oxygens (including phenoxy) is 1. The molecule has 1 unspecified atom stereocenters. The predicted molar refractivity (Wildman–Crippen MR) is 108 cm³/mol. The normalized spacial score (nSPS) is 21.0. The molecular formula is C21H26FN3O2S. The van der Waals surface area contributed by atoms with Gasteiger partial charge in [0.2, 0.25) is 5.91 Å². The number of carbonyl (C=O) groups is 1. The summed E-state index contributed by atoms with van der Waals surface area (Å²) >= 11 is 1.46. The zero-order valence-electron chi connectivity index (χ0n) is 16.0. The van der Waals surface area contributed by atoms with Crippen molar-refractivity contribution in [2.75, 3.05) is 45.9 Å². The van der Waals surface area contributed by atoms with E-state index in [4.69, 9.17) is 4.74 Å². The molecule has 1 aromatic carbocycles. The highest BCUT2D eigenvalue weighted by atomic mass is 32.1. The number of morpholine rings is 1. The lowest BCUT2D eigenvalue weighted by atomic mass is 9.97. The molecule has 150 valence electrons. The molecule has 1 aromatic heterocycles. The maximum absolute atomic E-state index is 13.4. The number of rotatable bonds is 5. The van der Waals surface area contributed by atoms with E-state index in [0.717, 1.165) is 68.6 Å². The zero-order valence-corrected chi connectivity index (χ0v) is 16.8. The van der Waals surface area contributed by atoms with E-state index in [0.29, 0.717) is 12.3 Å². The lowest BCUT2D eigenvalue weighted by molar-refractivity contribution is -0.132. The van der Waals surface area contributed by atoms with E-state index in [1.807, 2.05) is 16.3 Å². The molecule has 0 saturated carbocycles. The number of nitrogens with zero attached hydrogens (tertiary/aromatic N) is 3. The van der Waals surface area contributed by atoms with E-state index in [9.17, 15) is 9.18 Å². The molecule has 5 nitrogen and oxygen atoms in total. The summed E-state index contributed by atoms with van der Waals surface area (Å²) in [5.74, 6) is 0.404. The second-order valence-corrected chi connectivity index (χ2v) is 8.45. The van der Waals surface area contributed by atoms with E-state index < -0.39 is 0 Å². The number of benzene rings is 1. The summed E-state index contributed by atoms with van der Waals surface area (Å²) in [4.78, 5) is 21.8. The molecule has 0 aliphatic carbocycles. The molecule has 4 rings (SSSR count). The summed E-state index contributed by atoms with van der Waals surface area (Å²) in [6.07, 6.45) is 2.56. The Balaban J connectivity index is 1.33. The Morgan fingerprint density at radius 1 is 1.29 bits per heavy atom. The monoisotopic (exact) mass is 403 g/mol. The van der Waals surface area contributed by atoms with Crippen molar-refractivity contribution in [3.05, 3.63) is 41.2 Å². The van der Waals surface area contributed by atoms with Crippen LogP contribution in [-0.2, 0) is 16.0 Å². The minimum absolute atomic E-state index is 0.141. The molecule has 0 spiro atoms. The van der Waals surface area contributed by atoms with Gasteiger partial charge in [0.25, 0.3) is 0 Å². The van der Waals surface area contributed by atoms with Crippen LogP contribution in [0.1, 0.15) is 18.5 Å². The highest BCUT2D eigenvalue weighted by Crippen LogP contribution is 2.25. The fraction of sp³-hybridized carbons (Fsp3) is 0.524. The Hall–Kier alpha value is -1.83.